The number of aliphatic hydroxyl groups excluding tert-OH is 2. The number of oxazole rings is 1. The van der Waals surface area contributed by atoms with Gasteiger partial charge in [-0.05, 0) is 17.7 Å². The summed E-state index contributed by atoms with van der Waals surface area (Å²) in [7, 11) is 1.23. The highest BCUT2D eigenvalue weighted by Gasteiger charge is 2.22. The van der Waals surface area contributed by atoms with Gasteiger partial charge in [0.25, 0.3) is 0 Å². The molecule has 2 N–H and O–H groups in total. The van der Waals surface area contributed by atoms with Gasteiger partial charge < -0.3 is 19.4 Å². The van der Waals surface area contributed by atoms with E-state index in [9.17, 15) is 15.0 Å². The second kappa shape index (κ2) is 5.38. The number of benzene rings is 1. The molecule has 0 aliphatic carbocycles. The number of aliphatic hydroxyl groups is 2. The highest BCUT2D eigenvalue weighted by molar-refractivity contribution is 5.73. The number of rotatable bonds is 4. The number of hydrogen-bond acceptors (Lipinski definition) is 6. The number of carbonyl (C=O) groups excluding carboxylic acids is 1. The predicted molar refractivity (Wildman–Crippen MR) is 66.3 cm³/mol. The van der Waals surface area contributed by atoms with Crippen LogP contribution in [-0.2, 0) is 9.53 Å². The van der Waals surface area contributed by atoms with Gasteiger partial charge in [0.1, 0.15) is 11.6 Å². The fourth-order valence-corrected chi connectivity index (χ4v) is 1.83. The van der Waals surface area contributed by atoms with Crippen molar-refractivity contribution in [1.29, 1.82) is 0 Å². The molecule has 6 nitrogen and oxygen atoms in total. The molecular formula is C13H15NO5. The van der Waals surface area contributed by atoms with Gasteiger partial charge in [-0.3, -0.25) is 4.79 Å². The molecule has 0 aliphatic heterocycles. The standard InChI is InChI=1S/C13H15NO5/c1-7-14-9-4-3-8(5-11(9)19-7)13(17)10(15)6-12(16)18-2/h3-5,10,13,15,17H,6H2,1-2H3. The van der Waals surface area contributed by atoms with Gasteiger partial charge in [0.2, 0.25) is 0 Å². The van der Waals surface area contributed by atoms with Gasteiger partial charge in [-0.25, -0.2) is 4.98 Å². The van der Waals surface area contributed by atoms with E-state index < -0.39 is 18.2 Å². The number of carbonyl (C=O) groups is 1. The Morgan fingerprint density at radius 2 is 2.21 bits per heavy atom. The van der Waals surface area contributed by atoms with E-state index in [4.69, 9.17) is 4.42 Å². The van der Waals surface area contributed by atoms with Crippen LogP contribution in [0.25, 0.3) is 11.1 Å². The zero-order valence-corrected chi connectivity index (χ0v) is 10.7. The minimum Gasteiger partial charge on any atom is -0.469 e. The maximum atomic E-state index is 11.1. The summed E-state index contributed by atoms with van der Waals surface area (Å²) in [4.78, 5) is 15.2. The lowest BCUT2D eigenvalue weighted by atomic mass is 10.0. The normalized spacial score (nSPS) is 14.3. The van der Waals surface area contributed by atoms with E-state index in [1.807, 2.05) is 0 Å². The van der Waals surface area contributed by atoms with Gasteiger partial charge in [0.05, 0.1) is 19.6 Å². The van der Waals surface area contributed by atoms with E-state index in [-0.39, 0.29) is 6.42 Å². The Balaban J connectivity index is 2.20. The molecule has 102 valence electrons. The minimum atomic E-state index is -1.23. The van der Waals surface area contributed by atoms with Crippen LogP contribution in [0.5, 0.6) is 0 Å². The van der Waals surface area contributed by atoms with E-state index >= 15 is 0 Å². The fraction of sp³-hybridized carbons (Fsp3) is 0.385. The fourth-order valence-electron chi connectivity index (χ4n) is 1.83. The summed E-state index contributed by atoms with van der Waals surface area (Å²) in [6.45, 7) is 1.72. The van der Waals surface area contributed by atoms with Crippen molar-refractivity contribution in [3.8, 4) is 0 Å². The zero-order chi connectivity index (χ0) is 14.0. The van der Waals surface area contributed by atoms with E-state index in [1.54, 1.807) is 25.1 Å². The zero-order valence-electron chi connectivity index (χ0n) is 10.7. The van der Waals surface area contributed by atoms with Crippen LogP contribution < -0.4 is 0 Å². The largest absolute Gasteiger partial charge is 0.469 e. The Labute approximate surface area is 109 Å². The van der Waals surface area contributed by atoms with Gasteiger partial charge in [-0.1, -0.05) is 6.07 Å². The summed E-state index contributed by atoms with van der Waals surface area (Å²) in [5, 5.41) is 19.7. The molecule has 0 bridgehead atoms. The smallest absolute Gasteiger partial charge is 0.308 e. The number of fused-ring (bicyclic) bond motifs is 1. The summed E-state index contributed by atoms with van der Waals surface area (Å²) in [6, 6.07) is 4.92. The molecule has 2 aromatic rings. The Morgan fingerprint density at radius 3 is 2.89 bits per heavy atom. The first-order valence-electron chi connectivity index (χ1n) is 5.81. The Bertz CT molecular complexity index is 592. The second-order valence-electron chi connectivity index (χ2n) is 4.25. The average Bonchev–Trinajstić information content (AvgIpc) is 2.76. The van der Waals surface area contributed by atoms with Crippen molar-refractivity contribution in [3.05, 3.63) is 29.7 Å². The number of aromatic nitrogens is 1. The minimum absolute atomic E-state index is 0.273. The molecule has 0 spiro atoms. The Hall–Kier alpha value is -1.92. The molecule has 2 unspecified atom stereocenters. The van der Waals surface area contributed by atoms with Gasteiger partial charge >= 0.3 is 5.97 Å². The first-order chi connectivity index (χ1) is 9.01. The van der Waals surface area contributed by atoms with Crippen molar-refractivity contribution >= 4 is 17.1 Å². The van der Waals surface area contributed by atoms with Crippen LogP contribution in [0.2, 0.25) is 0 Å². The van der Waals surface area contributed by atoms with Crippen LogP contribution in [0.15, 0.2) is 22.6 Å². The summed E-state index contributed by atoms with van der Waals surface area (Å²) in [5.74, 6) is -0.0557. The summed E-state index contributed by atoms with van der Waals surface area (Å²) < 4.78 is 9.79. The third-order valence-electron chi connectivity index (χ3n) is 2.83. The molecule has 0 saturated heterocycles. The third-order valence-corrected chi connectivity index (χ3v) is 2.83. The van der Waals surface area contributed by atoms with Crippen LogP contribution in [0.3, 0.4) is 0 Å². The van der Waals surface area contributed by atoms with Crippen molar-refractivity contribution in [2.24, 2.45) is 0 Å². The number of hydrogen-bond donors (Lipinski definition) is 2. The molecule has 0 saturated carbocycles. The van der Waals surface area contributed by atoms with Crippen molar-refractivity contribution in [2.45, 2.75) is 25.6 Å². The summed E-state index contributed by atoms with van der Waals surface area (Å²) in [5.41, 5.74) is 1.66. The Morgan fingerprint density at radius 1 is 1.47 bits per heavy atom. The quantitative estimate of drug-likeness (QED) is 0.804. The van der Waals surface area contributed by atoms with E-state index in [1.165, 1.54) is 7.11 Å². The SMILES string of the molecule is COC(=O)CC(O)C(O)c1ccc2nc(C)oc2c1. The van der Waals surface area contributed by atoms with Gasteiger partial charge in [0, 0.05) is 6.92 Å². The molecule has 1 aromatic heterocycles. The molecule has 6 heteroatoms. The lowest BCUT2D eigenvalue weighted by Gasteiger charge is -2.16. The number of methoxy groups -OCH3 is 1. The molecule has 0 aliphatic rings. The van der Waals surface area contributed by atoms with Crippen LogP contribution in [0, 0.1) is 6.92 Å². The molecule has 0 amide bonds. The van der Waals surface area contributed by atoms with Crippen molar-refractivity contribution in [1.82, 2.24) is 4.98 Å². The monoisotopic (exact) mass is 265 g/mol. The second-order valence-corrected chi connectivity index (χ2v) is 4.25. The van der Waals surface area contributed by atoms with Crippen LogP contribution in [0.1, 0.15) is 24.0 Å². The van der Waals surface area contributed by atoms with Crippen LogP contribution >= 0.6 is 0 Å². The summed E-state index contributed by atoms with van der Waals surface area (Å²) >= 11 is 0. The third kappa shape index (κ3) is 2.91. The number of ether oxygens (including phenoxy) is 1. The van der Waals surface area contributed by atoms with Crippen molar-refractivity contribution in [2.75, 3.05) is 7.11 Å². The molecule has 1 aromatic carbocycles. The van der Waals surface area contributed by atoms with E-state index in [2.05, 4.69) is 9.72 Å². The molecule has 0 fully saturated rings. The average molecular weight is 265 g/mol. The van der Waals surface area contributed by atoms with Crippen LogP contribution in [-0.4, -0.2) is 34.4 Å². The van der Waals surface area contributed by atoms with Gasteiger partial charge in [-0.2, -0.15) is 0 Å². The molecule has 19 heavy (non-hydrogen) atoms. The molecule has 2 atom stereocenters. The first kappa shape index (κ1) is 13.5. The van der Waals surface area contributed by atoms with E-state index in [0.717, 1.165) is 0 Å². The summed E-state index contributed by atoms with van der Waals surface area (Å²) in [6.07, 6.45) is -2.69. The van der Waals surface area contributed by atoms with Crippen molar-refractivity contribution in [3.63, 3.8) is 0 Å². The van der Waals surface area contributed by atoms with Gasteiger partial charge in [-0.15, -0.1) is 0 Å². The first-order valence-corrected chi connectivity index (χ1v) is 5.81. The molecular weight excluding hydrogens is 250 g/mol. The maximum absolute atomic E-state index is 11.1. The topological polar surface area (TPSA) is 92.8 Å². The van der Waals surface area contributed by atoms with Crippen LogP contribution in [0.4, 0.5) is 0 Å². The maximum Gasteiger partial charge on any atom is 0.308 e. The predicted octanol–water partition coefficient (Wildman–Crippen LogP) is 1.09. The highest BCUT2D eigenvalue weighted by atomic mass is 16.5. The Kier molecular flexibility index (Phi) is 3.82. The van der Waals surface area contributed by atoms with Gasteiger partial charge in [0.15, 0.2) is 11.5 Å². The lowest BCUT2D eigenvalue weighted by molar-refractivity contribution is -0.144. The molecule has 2 rings (SSSR count). The number of esters is 1. The highest BCUT2D eigenvalue weighted by Crippen LogP contribution is 2.24. The molecule has 0 radical (unpaired) electrons. The number of nitrogens with zero attached hydrogens (tertiary/aromatic N) is 1. The number of aryl methyl sites for hydroxylation is 1. The lowest BCUT2D eigenvalue weighted by Crippen LogP contribution is -2.22. The molecule has 1 heterocycles. The van der Waals surface area contributed by atoms with Crippen molar-refractivity contribution < 1.29 is 24.2 Å². The van der Waals surface area contributed by atoms with E-state index in [0.29, 0.717) is 22.6 Å².